The van der Waals surface area contributed by atoms with Crippen LogP contribution in [0.5, 0.6) is 0 Å². The van der Waals surface area contributed by atoms with Crippen molar-refractivity contribution in [1.29, 1.82) is 0 Å². The van der Waals surface area contributed by atoms with E-state index >= 15 is 0 Å². The van der Waals surface area contributed by atoms with Gasteiger partial charge in [-0.1, -0.05) is 11.6 Å². The van der Waals surface area contributed by atoms with Gasteiger partial charge in [-0.25, -0.2) is 4.98 Å². The number of carbonyl (C=O) groups is 1. The highest BCUT2D eigenvalue weighted by Gasteiger charge is 2.09. The number of aromatic nitrogens is 1. The monoisotopic (exact) mass is 295 g/mol. The van der Waals surface area contributed by atoms with Crippen molar-refractivity contribution in [2.45, 2.75) is 13.5 Å². The number of thiazole rings is 1. The van der Waals surface area contributed by atoms with E-state index in [2.05, 4.69) is 15.6 Å². The minimum absolute atomic E-state index is 0.196. The number of nitrogens with zero attached hydrogens (tertiary/aromatic N) is 1. The van der Waals surface area contributed by atoms with Crippen LogP contribution >= 0.6 is 22.9 Å². The minimum atomic E-state index is -0.196. The molecule has 1 heterocycles. The van der Waals surface area contributed by atoms with Crippen molar-refractivity contribution in [3.63, 3.8) is 0 Å². The summed E-state index contributed by atoms with van der Waals surface area (Å²) < 4.78 is 0. The molecule has 0 aliphatic carbocycles. The zero-order chi connectivity index (χ0) is 13.8. The molecule has 1 aromatic carbocycles. The zero-order valence-corrected chi connectivity index (χ0v) is 12.2. The molecular weight excluding hydrogens is 282 g/mol. The molecule has 0 atom stereocenters. The fourth-order valence-electron chi connectivity index (χ4n) is 1.63. The summed E-state index contributed by atoms with van der Waals surface area (Å²) in [5.41, 5.74) is 2.29. The summed E-state index contributed by atoms with van der Waals surface area (Å²) in [4.78, 5) is 16.0. The molecule has 1 amide bonds. The van der Waals surface area contributed by atoms with E-state index in [4.69, 9.17) is 11.6 Å². The Balaban J connectivity index is 2.10. The van der Waals surface area contributed by atoms with Gasteiger partial charge < -0.3 is 10.6 Å². The van der Waals surface area contributed by atoms with E-state index in [1.54, 1.807) is 30.5 Å². The molecule has 0 unspecified atom stereocenters. The van der Waals surface area contributed by atoms with Crippen molar-refractivity contribution in [3.8, 4) is 0 Å². The lowest BCUT2D eigenvalue weighted by Gasteiger charge is -2.08. The van der Waals surface area contributed by atoms with E-state index in [1.807, 2.05) is 18.4 Å². The standard InChI is InChI=1S/C13H14ClN3OS/c1-8-17-10(7-19-8)6-16-9-3-4-12(14)11(5-9)13(18)15-2/h3-5,7,16H,6H2,1-2H3,(H,15,18). The van der Waals surface area contributed by atoms with E-state index in [9.17, 15) is 4.79 Å². The fraction of sp³-hybridized carbons (Fsp3) is 0.231. The van der Waals surface area contributed by atoms with E-state index in [0.29, 0.717) is 17.1 Å². The molecule has 2 N–H and O–H groups in total. The third-order valence-electron chi connectivity index (χ3n) is 2.58. The second-order valence-corrected chi connectivity index (χ2v) is 5.45. The molecule has 1 aromatic heterocycles. The van der Waals surface area contributed by atoms with Crippen molar-refractivity contribution in [3.05, 3.63) is 44.9 Å². The van der Waals surface area contributed by atoms with Crippen molar-refractivity contribution in [2.24, 2.45) is 0 Å². The van der Waals surface area contributed by atoms with E-state index in [0.717, 1.165) is 16.4 Å². The normalized spacial score (nSPS) is 10.3. The zero-order valence-electron chi connectivity index (χ0n) is 10.7. The first kappa shape index (κ1) is 13.8. The van der Waals surface area contributed by atoms with Crippen LogP contribution < -0.4 is 10.6 Å². The van der Waals surface area contributed by atoms with Crippen molar-refractivity contribution < 1.29 is 4.79 Å². The molecule has 0 aliphatic heterocycles. The molecule has 6 heteroatoms. The maximum atomic E-state index is 11.6. The summed E-state index contributed by atoms with van der Waals surface area (Å²) in [6.45, 7) is 2.60. The van der Waals surface area contributed by atoms with Gasteiger partial charge in [0, 0.05) is 18.1 Å². The second kappa shape index (κ2) is 6.04. The highest BCUT2D eigenvalue weighted by molar-refractivity contribution is 7.09. The summed E-state index contributed by atoms with van der Waals surface area (Å²) in [5.74, 6) is -0.196. The minimum Gasteiger partial charge on any atom is -0.379 e. The average Bonchev–Trinajstić information content (AvgIpc) is 2.83. The van der Waals surface area contributed by atoms with Crippen LogP contribution in [-0.2, 0) is 6.54 Å². The maximum absolute atomic E-state index is 11.6. The van der Waals surface area contributed by atoms with Gasteiger partial charge in [-0.2, -0.15) is 0 Å². The van der Waals surface area contributed by atoms with Gasteiger partial charge in [-0.05, 0) is 25.1 Å². The molecule has 2 rings (SSSR count). The number of amides is 1. The fourth-order valence-corrected chi connectivity index (χ4v) is 2.44. The summed E-state index contributed by atoms with van der Waals surface area (Å²) in [6.07, 6.45) is 0. The molecule has 0 bridgehead atoms. The first-order valence-electron chi connectivity index (χ1n) is 5.76. The van der Waals surface area contributed by atoms with Crippen LogP contribution in [0.1, 0.15) is 21.1 Å². The van der Waals surface area contributed by atoms with Gasteiger partial charge in [-0.15, -0.1) is 11.3 Å². The van der Waals surface area contributed by atoms with Crippen molar-refractivity contribution in [2.75, 3.05) is 12.4 Å². The Morgan fingerprint density at radius 3 is 2.89 bits per heavy atom. The molecule has 19 heavy (non-hydrogen) atoms. The van der Waals surface area contributed by atoms with Crippen LogP contribution in [0.4, 0.5) is 5.69 Å². The van der Waals surface area contributed by atoms with Gasteiger partial charge in [0.1, 0.15) is 0 Å². The van der Waals surface area contributed by atoms with Crippen LogP contribution in [0.3, 0.4) is 0 Å². The molecule has 100 valence electrons. The molecule has 0 aliphatic rings. The first-order valence-corrected chi connectivity index (χ1v) is 7.02. The number of rotatable bonds is 4. The molecular formula is C13H14ClN3OS. The predicted octanol–water partition coefficient (Wildman–Crippen LogP) is 3.08. The van der Waals surface area contributed by atoms with Crippen LogP contribution in [0.2, 0.25) is 5.02 Å². The van der Waals surface area contributed by atoms with Crippen LogP contribution in [0.15, 0.2) is 23.6 Å². The lowest BCUT2D eigenvalue weighted by Crippen LogP contribution is -2.18. The van der Waals surface area contributed by atoms with Gasteiger partial charge in [0.15, 0.2) is 0 Å². The first-order chi connectivity index (χ1) is 9.10. The number of anilines is 1. The summed E-state index contributed by atoms with van der Waals surface area (Å²) >= 11 is 7.61. The number of nitrogens with one attached hydrogen (secondary N) is 2. The van der Waals surface area contributed by atoms with Crippen molar-refractivity contribution in [1.82, 2.24) is 10.3 Å². The van der Waals surface area contributed by atoms with Gasteiger partial charge >= 0.3 is 0 Å². The summed E-state index contributed by atoms with van der Waals surface area (Å²) in [5, 5.41) is 9.28. The Morgan fingerprint density at radius 1 is 1.47 bits per heavy atom. The number of carbonyl (C=O) groups excluding carboxylic acids is 1. The Labute approximate surface area is 120 Å². The van der Waals surface area contributed by atoms with Gasteiger partial charge in [-0.3, -0.25) is 4.79 Å². The average molecular weight is 296 g/mol. The lowest BCUT2D eigenvalue weighted by atomic mass is 10.2. The van der Waals surface area contributed by atoms with E-state index in [1.165, 1.54) is 0 Å². The number of aryl methyl sites for hydroxylation is 1. The third-order valence-corrected chi connectivity index (χ3v) is 3.73. The smallest absolute Gasteiger partial charge is 0.252 e. The molecule has 0 saturated heterocycles. The Morgan fingerprint density at radius 2 is 2.26 bits per heavy atom. The molecule has 0 saturated carbocycles. The summed E-state index contributed by atoms with van der Waals surface area (Å²) in [6, 6.07) is 5.29. The number of hydrogen-bond acceptors (Lipinski definition) is 4. The van der Waals surface area contributed by atoms with Gasteiger partial charge in [0.2, 0.25) is 0 Å². The Bertz CT molecular complexity index is 597. The SMILES string of the molecule is CNC(=O)c1cc(NCc2csc(C)n2)ccc1Cl. The van der Waals surface area contributed by atoms with Crippen molar-refractivity contribution >= 4 is 34.5 Å². The highest BCUT2D eigenvalue weighted by Crippen LogP contribution is 2.21. The molecule has 4 nitrogen and oxygen atoms in total. The molecule has 2 aromatic rings. The topological polar surface area (TPSA) is 54.0 Å². The van der Waals surface area contributed by atoms with Gasteiger partial charge in [0.25, 0.3) is 5.91 Å². The quantitative estimate of drug-likeness (QED) is 0.911. The number of halogens is 1. The predicted molar refractivity (Wildman–Crippen MR) is 79.0 cm³/mol. The Hall–Kier alpha value is -1.59. The Kier molecular flexibility index (Phi) is 4.39. The van der Waals surface area contributed by atoms with Gasteiger partial charge in [0.05, 0.1) is 27.8 Å². The molecule has 0 radical (unpaired) electrons. The number of benzene rings is 1. The van der Waals surface area contributed by atoms with Crippen LogP contribution in [0, 0.1) is 6.92 Å². The largest absolute Gasteiger partial charge is 0.379 e. The third kappa shape index (κ3) is 3.45. The summed E-state index contributed by atoms with van der Waals surface area (Å²) in [7, 11) is 1.58. The number of hydrogen-bond donors (Lipinski definition) is 2. The van der Waals surface area contributed by atoms with E-state index < -0.39 is 0 Å². The van der Waals surface area contributed by atoms with Crippen LogP contribution in [-0.4, -0.2) is 17.9 Å². The molecule has 0 fully saturated rings. The maximum Gasteiger partial charge on any atom is 0.252 e. The van der Waals surface area contributed by atoms with Crippen LogP contribution in [0.25, 0.3) is 0 Å². The highest BCUT2D eigenvalue weighted by atomic mass is 35.5. The second-order valence-electron chi connectivity index (χ2n) is 3.99. The lowest BCUT2D eigenvalue weighted by molar-refractivity contribution is 0.0963. The van der Waals surface area contributed by atoms with E-state index in [-0.39, 0.29) is 5.91 Å². The molecule has 0 spiro atoms.